The Balaban J connectivity index is 2.22. The van der Waals surface area contributed by atoms with Gasteiger partial charge in [0.1, 0.15) is 0 Å². The van der Waals surface area contributed by atoms with E-state index < -0.39 is 5.97 Å². The molecule has 2 amide bonds. The van der Waals surface area contributed by atoms with Crippen LogP contribution in [0.3, 0.4) is 0 Å². The molecular weight excluding hydrogens is 236 g/mol. The number of carbonyl (C=O) groups excluding carboxylic acids is 2. The van der Waals surface area contributed by atoms with Gasteiger partial charge in [-0.05, 0) is 26.2 Å². The van der Waals surface area contributed by atoms with Gasteiger partial charge in [0.2, 0.25) is 11.8 Å². The maximum Gasteiger partial charge on any atom is 0.303 e. The summed E-state index contributed by atoms with van der Waals surface area (Å²) in [5.41, 5.74) is 0. The van der Waals surface area contributed by atoms with E-state index in [1.54, 1.807) is 0 Å². The van der Waals surface area contributed by atoms with Crippen molar-refractivity contribution in [1.29, 1.82) is 0 Å². The van der Waals surface area contributed by atoms with Gasteiger partial charge < -0.3 is 15.7 Å². The summed E-state index contributed by atoms with van der Waals surface area (Å²) < 4.78 is 0. The zero-order valence-corrected chi connectivity index (χ0v) is 10.6. The largest absolute Gasteiger partial charge is 0.481 e. The van der Waals surface area contributed by atoms with Crippen molar-refractivity contribution in [2.45, 2.75) is 45.1 Å². The van der Waals surface area contributed by atoms with Gasteiger partial charge in [-0.1, -0.05) is 0 Å². The van der Waals surface area contributed by atoms with Crippen LogP contribution >= 0.6 is 0 Å². The Morgan fingerprint density at radius 1 is 1.56 bits per heavy atom. The number of carboxylic acid groups (broad SMARTS) is 1. The van der Waals surface area contributed by atoms with E-state index in [4.69, 9.17) is 5.11 Å². The van der Waals surface area contributed by atoms with Gasteiger partial charge in [0.15, 0.2) is 0 Å². The minimum absolute atomic E-state index is 0.00597. The van der Waals surface area contributed by atoms with Crippen LogP contribution in [0, 0.1) is 5.92 Å². The van der Waals surface area contributed by atoms with Gasteiger partial charge in [-0.2, -0.15) is 0 Å². The van der Waals surface area contributed by atoms with Crippen LogP contribution in [-0.2, 0) is 14.4 Å². The Labute approximate surface area is 106 Å². The van der Waals surface area contributed by atoms with E-state index in [1.807, 2.05) is 6.92 Å². The van der Waals surface area contributed by atoms with Crippen molar-refractivity contribution in [1.82, 2.24) is 10.6 Å². The number of amides is 2. The monoisotopic (exact) mass is 256 g/mol. The third-order valence-corrected chi connectivity index (χ3v) is 3.05. The number of nitrogens with one attached hydrogen (secondary N) is 2. The molecule has 0 radical (unpaired) electrons. The van der Waals surface area contributed by atoms with E-state index in [0.29, 0.717) is 32.2 Å². The Bertz CT molecular complexity index is 320. The second-order valence-corrected chi connectivity index (χ2v) is 4.74. The fraction of sp³-hybridized carbons (Fsp3) is 0.750. The maximum atomic E-state index is 11.8. The predicted molar refractivity (Wildman–Crippen MR) is 64.8 cm³/mol. The van der Waals surface area contributed by atoms with Gasteiger partial charge in [-0.15, -0.1) is 0 Å². The summed E-state index contributed by atoms with van der Waals surface area (Å²) in [5, 5.41) is 14.0. The molecule has 1 aliphatic rings. The minimum Gasteiger partial charge on any atom is -0.481 e. The third-order valence-electron chi connectivity index (χ3n) is 3.05. The highest BCUT2D eigenvalue weighted by molar-refractivity contribution is 5.83. The highest BCUT2D eigenvalue weighted by Crippen LogP contribution is 2.11. The molecule has 0 spiro atoms. The number of hydrogen-bond donors (Lipinski definition) is 3. The lowest BCUT2D eigenvalue weighted by Crippen LogP contribution is -2.45. The van der Waals surface area contributed by atoms with Gasteiger partial charge in [0.25, 0.3) is 0 Å². The summed E-state index contributed by atoms with van der Waals surface area (Å²) in [4.78, 5) is 33.1. The summed E-state index contributed by atoms with van der Waals surface area (Å²) in [7, 11) is 0. The molecule has 1 fully saturated rings. The molecule has 0 aromatic rings. The molecule has 2 unspecified atom stereocenters. The highest BCUT2D eigenvalue weighted by Gasteiger charge is 2.25. The first-order valence-electron chi connectivity index (χ1n) is 6.28. The minimum atomic E-state index is -0.816. The predicted octanol–water partition coefficient (Wildman–Crippen LogP) is 0.272. The van der Waals surface area contributed by atoms with E-state index >= 15 is 0 Å². The van der Waals surface area contributed by atoms with Gasteiger partial charge in [-0.25, -0.2) is 0 Å². The van der Waals surface area contributed by atoms with Crippen molar-refractivity contribution >= 4 is 17.8 Å². The van der Waals surface area contributed by atoms with Crippen molar-refractivity contribution in [2.75, 3.05) is 6.54 Å². The summed E-state index contributed by atoms with van der Waals surface area (Å²) in [5.74, 6) is -1.04. The highest BCUT2D eigenvalue weighted by atomic mass is 16.4. The Hall–Kier alpha value is -1.59. The number of rotatable bonds is 6. The van der Waals surface area contributed by atoms with Crippen LogP contribution in [0.1, 0.15) is 39.0 Å². The first-order chi connectivity index (χ1) is 8.49. The Morgan fingerprint density at radius 2 is 2.28 bits per heavy atom. The third kappa shape index (κ3) is 5.16. The summed E-state index contributed by atoms with van der Waals surface area (Å²) in [6.07, 6.45) is 2.31. The summed E-state index contributed by atoms with van der Waals surface area (Å²) in [6, 6.07) is -0.0329. The van der Waals surface area contributed by atoms with Crippen LogP contribution < -0.4 is 10.6 Å². The van der Waals surface area contributed by atoms with Gasteiger partial charge in [0.05, 0.1) is 5.92 Å². The molecule has 0 bridgehead atoms. The Morgan fingerprint density at radius 3 is 2.83 bits per heavy atom. The number of hydrogen-bond acceptors (Lipinski definition) is 3. The fourth-order valence-corrected chi connectivity index (χ4v) is 1.95. The van der Waals surface area contributed by atoms with Crippen molar-refractivity contribution < 1.29 is 19.5 Å². The SMILES string of the molecule is CC(CCCC(=O)O)NC(=O)C1CCC(=O)NC1. The topological polar surface area (TPSA) is 95.5 Å². The maximum absolute atomic E-state index is 11.8. The number of piperidine rings is 1. The second-order valence-electron chi connectivity index (χ2n) is 4.74. The van der Waals surface area contributed by atoms with E-state index in [0.717, 1.165) is 0 Å². The van der Waals surface area contributed by atoms with Crippen molar-refractivity contribution in [2.24, 2.45) is 5.92 Å². The number of carboxylic acids is 1. The molecule has 2 atom stereocenters. The van der Waals surface area contributed by atoms with Crippen LogP contribution in [0.25, 0.3) is 0 Å². The molecule has 1 aliphatic heterocycles. The average molecular weight is 256 g/mol. The smallest absolute Gasteiger partial charge is 0.303 e. The molecule has 1 saturated heterocycles. The van der Waals surface area contributed by atoms with E-state index in [9.17, 15) is 14.4 Å². The molecule has 1 rings (SSSR count). The molecule has 6 nitrogen and oxygen atoms in total. The number of carbonyl (C=O) groups is 3. The van der Waals surface area contributed by atoms with Gasteiger partial charge in [0, 0.05) is 25.4 Å². The normalized spacial score (nSPS) is 20.9. The van der Waals surface area contributed by atoms with E-state index in [2.05, 4.69) is 10.6 Å². The fourth-order valence-electron chi connectivity index (χ4n) is 1.95. The van der Waals surface area contributed by atoms with Gasteiger partial charge >= 0.3 is 5.97 Å². The zero-order valence-electron chi connectivity index (χ0n) is 10.6. The van der Waals surface area contributed by atoms with Gasteiger partial charge in [-0.3, -0.25) is 14.4 Å². The van der Waals surface area contributed by atoms with Crippen LogP contribution in [0.4, 0.5) is 0 Å². The molecule has 0 aromatic carbocycles. The van der Waals surface area contributed by atoms with E-state index in [-0.39, 0.29) is 30.2 Å². The zero-order chi connectivity index (χ0) is 13.5. The first kappa shape index (κ1) is 14.5. The standard InChI is InChI=1S/C12H20N2O4/c1-8(3-2-4-11(16)17)14-12(18)9-5-6-10(15)13-7-9/h8-9H,2-7H2,1H3,(H,13,15)(H,14,18)(H,16,17). The van der Waals surface area contributed by atoms with Crippen molar-refractivity contribution in [3.05, 3.63) is 0 Å². The van der Waals surface area contributed by atoms with Crippen LogP contribution in [0.5, 0.6) is 0 Å². The first-order valence-corrected chi connectivity index (χ1v) is 6.28. The second kappa shape index (κ2) is 6.98. The van der Waals surface area contributed by atoms with Crippen molar-refractivity contribution in [3.63, 3.8) is 0 Å². The molecule has 3 N–H and O–H groups in total. The summed E-state index contributed by atoms with van der Waals surface area (Å²) in [6.45, 7) is 2.26. The van der Waals surface area contributed by atoms with Crippen LogP contribution in [0.15, 0.2) is 0 Å². The molecular formula is C12H20N2O4. The number of aliphatic carboxylic acids is 1. The van der Waals surface area contributed by atoms with E-state index in [1.165, 1.54) is 0 Å². The van der Waals surface area contributed by atoms with Crippen LogP contribution in [-0.4, -0.2) is 35.5 Å². The molecule has 6 heteroatoms. The Kier molecular flexibility index (Phi) is 5.61. The average Bonchev–Trinajstić information content (AvgIpc) is 2.29. The molecule has 1 heterocycles. The summed E-state index contributed by atoms with van der Waals surface area (Å²) >= 11 is 0. The lowest BCUT2D eigenvalue weighted by Gasteiger charge is -2.23. The molecule has 0 aromatic heterocycles. The van der Waals surface area contributed by atoms with Crippen molar-refractivity contribution in [3.8, 4) is 0 Å². The molecule has 0 aliphatic carbocycles. The quantitative estimate of drug-likeness (QED) is 0.635. The molecule has 102 valence electrons. The molecule has 18 heavy (non-hydrogen) atoms. The van der Waals surface area contributed by atoms with Crippen LogP contribution in [0.2, 0.25) is 0 Å². The lowest BCUT2D eigenvalue weighted by atomic mass is 9.97. The lowest BCUT2D eigenvalue weighted by molar-refractivity contribution is -0.137. The molecule has 0 saturated carbocycles.